The number of alkyl halides is 1. The van der Waals surface area contributed by atoms with Crippen molar-refractivity contribution in [1.29, 1.82) is 0 Å². The minimum absolute atomic E-state index is 0.203. The number of piperidine rings is 1. The van der Waals surface area contributed by atoms with Gasteiger partial charge in [-0.05, 0) is 49.4 Å². The molecule has 1 aromatic carbocycles. The normalized spacial score (nSPS) is 19.6. The highest BCUT2D eigenvalue weighted by Crippen LogP contribution is 2.32. The molecule has 2 rings (SSSR count). The first kappa shape index (κ1) is 11.6. The van der Waals surface area contributed by atoms with Crippen molar-refractivity contribution in [3.05, 3.63) is 35.4 Å². The summed E-state index contributed by atoms with van der Waals surface area (Å²) in [4.78, 5) is 0. The highest BCUT2D eigenvalue weighted by atomic mass is 19.1. The summed E-state index contributed by atoms with van der Waals surface area (Å²) in [7, 11) is 0. The third-order valence-electron chi connectivity index (χ3n) is 3.50. The van der Waals surface area contributed by atoms with Crippen LogP contribution in [0.3, 0.4) is 0 Å². The van der Waals surface area contributed by atoms with Crippen LogP contribution in [0, 0.1) is 5.92 Å². The zero-order valence-electron chi connectivity index (χ0n) is 9.88. The molecule has 1 aliphatic rings. The van der Waals surface area contributed by atoms with Crippen LogP contribution in [-0.2, 0) is 6.42 Å². The molecule has 0 aliphatic carbocycles. The van der Waals surface area contributed by atoms with Gasteiger partial charge in [-0.2, -0.15) is 0 Å². The van der Waals surface area contributed by atoms with E-state index in [-0.39, 0.29) is 5.92 Å². The fourth-order valence-corrected chi connectivity index (χ4v) is 2.35. The number of halogens is 1. The van der Waals surface area contributed by atoms with E-state index < -0.39 is 6.17 Å². The summed E-state index contributed by atoms with van der Waals surface area (Å²) in [5.74, 6) is 0.203. The van der Waals surface area contributed by atoms with Crippen LogP contribution in [0.15, 0.2) is 24.3 Å². The van der Waals surface area contributed by atoms with Gasteiger partial charge in [-0.3, -0.25) is 0 Å². The Morgan fingerprint density at radius 3 is 2.44 bits per heavy atom. The van der Waals surface area contributed by atoms with Crippen molar-refractivity contribution in [3.8, 4) is 0 Å². The molecule has 1 unspecified atom stereocenters. The van der Waals surface area contributed by atoms with Gasteiger partial charge in [-0.15, -0.1) is 0 Å². The number of benzene rings is 1. The summed E-state index contributed by atoms with van der Waals surface area (Å²) < 4.78 is 14.2. The fraction of sp³-hybridized carbons (Fsp3) is 0.571. The molecule has 2 heteroatoms. The summed E-state index contributed by atoms with van der Waals surface area (Å²) in [6, 6.07) is 7.99. The van der Waals surface area contributed by atoms with Gasteiger partial charge >= 0.3 is 0 Å². The average Bonchev–Trinajstić information content (AvgIpc) is 2.39. The Bertz CT molecular complexity index is 314. The van der Waals surface area contributed by atoms with E-state index in [1.165, 1.54) is 5.56 Å². The largest absolute Gasteiger partial charge is 0.317 e. The molecule has 1 nitrogen and oxygen atoms in total. The van der Waals surface area contributed by atoms with Gasteiger partial charge in [-0.1, -0.05) is 31.2 Å². The number of aryl methyl sites for hydroxylation is 1. The van der Waals surface area contributed by atoms with Gasteiger partial charge in [0.05, 0.1) is 0 Å². The quantitative estimate of drug-likeness (QED) is 0.826. The molecular weight excluding hydrogens is 201 g/mol. The predicted octanol–water partition coefficient (Wildman–Crippen LogP) is 3.26. The Kier molecular flexibility index (Phi) is 3.94. The van der Waals surface area contributed by atoms with Gasteiger partial charge in [0, 0.05) is 0 Å². The number of hydrogen-bond donors (Lipinski definition) is 1. The van der Waals surface area contributed by atoms with Crippen molar-refractivity contribution < 1.29 is 4.39 Å². The van der Waals surface area contributed by atoms with Crippen LogP contribution in [0.5, 0.6) is 0 Å². The molecule has 1 aliphatic heterocycles. The van der Waals surface area contributed by atoms with Crippen LogP contribution in [0.1, 0.15) is 37.1 Å². The van der Waals surface area contributed by atoms with Crippen LogP contribution in [0.2, 0.25) is 0 Å². The van der Waals surface area contributed by atoms with E-state index in [9.17, 15) is 4.39 Å². The molecule has 0 aromatic heterocycles. The molecule has 88 valence electrons. The van der Waals surface area contributed by atoms with Gasteiger partial charge in [-0.25, -0.2) is 4.39 Å². The molecule has 1 N–H and O–H groups in total. The lowest BCUT2D eigenvalue weighted by Gasteiger charge is -2.26. The number of hydrogen-bond acceptors (Lipinski definition) is 1. The molecule has 1 heterocycles. The first-order chi connectivity index (χ1) is 7.81. The average molecular weight is 221 g/mol. The van der Waals surface area contributed by atoms with E-state index in [0.29, 0.717) is 0 Å². The van der Waals surface area contributed by atoms with Crippen molar-refractivity contribution >= 4 is 0 Å². The maximum atomic E-state index is 14.2. The van der Waals surface area contributed by atoms with Crippen LogP contribution < -0.4 is 5.32 Å². The summed E-state index contributed by atoms with van der Waals surface area (Å²) in [5.41, 5.74) is 2.13. The van der Waals surface area contributed by atoms with Crippen molar-refractivity contribution in [2.24, 2.45) is 5.92 Å². The van der Waals surface area contributed by atoms with E-state index in [1.54, 1.807) is 0 Å². The van der Waals surface area contributed by atoms with E-state index in [1.807, 2.05) is 24.3 Å². The topological polar surface area (TPSA) is 12.0 Å². The Hall–Kier alpha value is -0.890. The molecule has 16 heavy (non-hydrogen) atoms. The molecule has 1 aromatic rings. The molecule has 0 radical (unpaired) electrons. The van der Waals surface area contributed by atoms with Gasteiger partial charge < -0.3 is 5.32 Å². The Labute approximate surface area is 97.1 Å². The lowest BCUT2D eigenvalue weighted by atomic mass is 9.89. The van der Waals surface area contributed by atoms with Crippen LogP contribution >= 0.6 is 0 Å². The molecule has 0 spiro atoms. The van der Waals surface area contributed by atoms with Gasteiger partial charge in [0.25, 0.3) is 0 Å². The second-order valence-electron chi connectivity index (χ2n) is 4.58. The first-order valence-electron chi connectivity index (χ1n) is 6.25. The van der Waals surface area contributed by atoms with Crippen molar-refractivity contribution in [3.63, 3.8) is 0 Å². The van der Waals surface area contributed by atoms with Gasteiger partial charge in [0.2, 0.25) is 0 Å². The molecule has 0 amide bonds. The zero-order chi connectivity index (χ0) is 11.4. The standard InChI is InChI=1S/C14H20FN/c1-2-11-3-5-12(6-4-11)14(15)13-7-9-16-10-8-13/h3-6,13-14,16H,2,7-10H2,1H3. The second kappa shape index (κ2) is 5.44. The molecular formula is C14H20FN. The Morgan fingerprint density at radius 1 is 1.25 bits per heavy atom. The van der Waals surface area contributed by atoms with E-state index in [2.05, 4.69) is 12.2 Å². The van der Waals surface area contributed by atoms with E-state index >= 15 is 0 Å². The maximum Gasteiger partial charge on any atom is 0.128 e. The zero-order valence-corrected chi connectivity index (χ0v) is 9.88. The summed E-state index contributed by atoms with van der Waals surface area (Å²) >= 11 is 0. The molecule has 1 atom stereocenters. The second-order valence-corrected chi connectivity index (χ2v) is 4.58. The van der Waals surface area contributed by atoms with E-state index in [4.69, 9.17) is 0 Å². The molecule has 0 saturated carbocycles. The monoisotopic (exact) mass is 221 g/mol. The third-order valence-corrected chi connectivity index (χ3v) is 3.50. The number of rotatable bonds is 3. The lowest BCUT2D eigenvalue weighted by molar-refractivity contribution is 0.190. The smallest absolute Gasteiger partial charge is 0.128 e. The van der Waals surface area contributed by atoms with Gasteiger partial charge in [0.1, 0.15) is 6.17 Å². The van der Waals surface area contributed by atoms with Crippen molar-refractivity contribution in [2.75, 3.05) is 13.1 Å². The van der Waals surface area contributed by atoms with Crippen molar-refractivity contribution in [2.45, 2.75) is 32.4 Å². The maximum absolute atomic E-state index is 14.2. The lowest BCUT2D eigenvalue weighted by Crippen LogP contribution is -2.29. The number of nitrogens with one attached hydrogen (secondary N) is 1. The minimum atomic E-state index is -0.784. The summed E-state index contributed by atoms with van der Waals surface area (Å²) in [6.07, 6.45) is 2.14. The molecule has 0 bridgehead atoms. The Balaban J connectivity index is 2.04. The highest BCUT2D eigenvalue weighted by Gasteiger charge is 2.24. The fourth-order valence-electron chi connectivity index (χ4n) is 2.35. The van der Waals surface area contributed by atoms with Gasteiger partial charge in [0.15, 0.2) is 0 Å². The first-order valence-corrected chi connectivity index (χ1v) is 6.25. The Morgan fingerprint density at radius 2 is 1.88 bits per heavy atom. The van der Waals surface area contributed by atoms with Crippen molar-refractivity contribution in [1.82, 2.24) is 5.32 Å². The molecule has 1 fully saturated rings. The highest BCUT2D eigenvalue weighted by molar-refractivity contribution is 5.24. The van der Waals surface area contributed by atoms with E-state index in [0.717, 1.165) is 37.9 Å². The molecule has 1 saturated heterocycles. The predicted molar refractivity (Wildman–Crippen MR) is 65.3 cm³/mol. The SMILES string of the molecule is CCc1ccc(C(F)C2CCNCC2)cc1. The van der Waals surface area contributed by atoms with Crippen LogP contribution in [-0.4, -0.2) is 13.1 Å². The summed E-state index contributed by atoms with van der Waals surface area (Å²) in [5, 5.41) is 3.27. The van der Waals surface area contributed by atoms with Crippen LogP contribution in [0.25, 0.3) is 0 Å². The van der Waals surface area contributed by atoms with Crippen LogP contribution in [0.4, 0.5) is 4.39 Å². The summed E-state index contributed by atoms with van der Waals surface area (Å²) in [6.45, 7) is 4.03. The minimum Gasteiger partial charge on any atom is -0.317 e. The third kappa shape index (κ3) is 2.62.